The largest absolute Gasteiger partial charge is 0.302 e. The number of amides is 1. The van der Waals surface area contributed by atoms with Gasteiger partial charge in [-0.25, -0.2) is 17.8 Å². The maximum absolute atomic E-state index is 13.4. The number of aromatic nitrogens is 1. The summed E-state index contributed by atoms with van der Waals surface area (Å²) in [7, 11) is -3.77. The van der Waals surface area contributed by atoms with Gasteiger partial charge in [0.1, 0.15) is 5.82 Å². The molecule has 3 aromatic rings. The summed E-state index contributed by atoms with van der Waals surface area (Å²) in [6.45, 7) is 4.45. The first-order valence-electron chi connectivity index (χ1n) is 9.68. The zero-order valence-electron chi connectivity index (χ0n) is 16.7. The summed E-state index contributed by atoms with van der Waals surface area (Å²) in [6, 6.07) is 9.09. The Morgan fingerprint density at radius 1 is 1.20 bits per heavy atom. The molecule has 30 heavy (non-hydrogen) atoms. The molecule has 0 bridgehead atoms. The van der Waals surface area contributed by atoms with Crippen LogP contribution < -0.4 is 5.32 Å². The van der Waals surface area contributed by atoms with Gasteiger partial charge in [0.2, 0.25) is 15.9 Å². The fourth-order valence-corrected chi connectivity index (χ4v) is 6.31. The number of fused-ring (bicyclic) bond motifs is 1. The molecule has 2 heterocycles. The number of hydrogen-bond acceptors (Lipinski definition) is 5. The molecule has 1 saturated heterocycles. The lowest BCUT2D eigenvalue weighted by Crippen LogP contribution is -2.41. The third-order valence-corrected chi connectivity index (χ3v) is 8.13. The first kappa shape index (κ1) is 20.9. The van der Waals surface area contributed by atoms with E-state index in [4.69, 9.17) is 0 Å². The van der Waals surface area contributed by atoms with Gasteiger partial charge in [-0.3, -0.25) is 4.79 Å². The fraction of sp³-hybridized carbons (Fsp3) is 0.333. The quantitative estimate of drug-likeness (QED) is 0.653. The van der Waals surface area contributed by atoms with Crippen LogP contribution in [0.15, 0.2) is 41.3 Å². The van der Waals surface area contributed by atoms with E-state index in [9.17, 15) is 17.6 Å². The van der Waals surface area contributed by atoms with Crippen molar-refractivity contribution in [1.29, 1.82) is 0 Å². The monoisotopic (exact) mass is 447 g/mol. The number of carbonyl (C=O) groups is 1. The van der Waals surface area contributed by atoms with Crippen molar-refractivity contribution in [2.75, 3.05) is 18.4 Å². The minimum Gasteiger partial charge on any atom is -0.302 e. The van der Waals surface area contributed by atoms with Crippen molar-refractivity contribution in [3.8, 4) is 0 Å². The number of anilines is 1. The van der Waals surface area contributed by atoms with Gasteiger partial charge in [0, 0.05) is 19.0 Å². The number of nitrogens with one attached hydrogen (secondary N) is 1. The summed E-state index contributed by atoms with van der Waals surface area (Å²) in [5.74, 6) is -1.03. The highest BCUT2D eigenvalue weighted by Crippen LogP contribution is 2.31. The number of carbonyl (C=O) groups excluding carboxylic acids is 1. The van der Waals surface area contributed by atoms with Gasteiger partial charge in [0.25, 0.3) is 0 Å². The predicted molar refractivity (Wildman–Crippen MR) is 116 cm³/mol. The number of thiazole rings is 1. The summed E-state index contributed by atoms with van der Waals surface area (Å²) in [5, 5.41) is 3.45. The van der Waals surface area contributed by atoms with Crippen LogP contribution in [0.3, 0.4) is 0 Å². The van der Waals surface area contributed by atoms with Gasteiger partial charge in [0.15, 0.2) is 5.13 Å². The van der Waals surface area contributed by atoms with Crippen LogP contribution in [0.2, 0.25) is 0 Å². The van der Waals surface area contributed by atoms with Gasteiger partial charge in [-0.05, 0) is 62.1 Å². The second-order valence-electron chi connectivity index (χ2n) is 7.57. The molecule has 0 unspecified atom stereocenters. The molecule has 0 atom stereocenters. The van der Waals surface area contributed by atoms with Crippen molar-refractivity contribution < 1.29 is 17.6 Å². The van der Waals surface area contributed by atoms with Gasteiger partial charge >= 0.3 is 0 Å². The second-order valence-corrected chi connectivity index (χ2v) is 10.5. The molecule has 1 N–H and O–H groups in total. The molecule has 1 aliphatic heterocycles. The molecule has 0 saturated carbocycles. The number of hydrogen-bond donors (Lipinski definition) is 1. The standard InChI is InChI=1S/C21H22FN3O3S2/c1-13-10-14(2)19-18(11-13)29-21(23-19)24-20(26)15-6-8-25(9-7-15)30(27,28)17-5-3-4-16(22)12-17/h3-5,10-12,15H,6-9H2,1-2H3,(H,23,24,26). The highest BCUT2D eigenvalue weighted by Gasteiger charge is 2.32. The van der Waals surface area contributed by atoms with Crippen LogP contribution in [0.1, 0.15) is 24.0 Å². The SMILES string of the molecule is Cc1cc(C)c2nc(NC(=O)C3CCN(S(=O)(=O)c4cccc(F)c4)CC3)sc2c1. The molecule has 158 valence electrons. The first-order chi connectivity index (χ1) is 14.2. The van der Waals surface area contributed by atoms with Crippen molar-refractivity contribution in [3.63, 3.8) is 0 Å². The number of halogens is 1. The van der Waals surface area contributed by atoms with Gasteiger partial charge in [-0.15, -0.1) is 0 Å². The van der Waals surface area contributed by atoms with Crippen LogP contribution in [0.4, 0.5) is 9.52 Å². The summed E-state index contributed by atoms with van der Waals surface area (Å²) < 4.78 is 41.2. The molecule has 1 fully saturated rings. The highest BCUT2D eigenvalue weighted by molar-refractivity contribution is 7.89. The average molecular weight is 448 g/mol. The summed E-state index contributed by atoms with van der Waals surface area (Å²) in [4.78, 5) is 17.2. The van der Waals surface area contributed by atoms with E-state index in [0.717, 1.165) is 27.4 Å². The molecule has 0 spiro atoms. The smallest absolute Gasteiger partial charge is 0.243 e. The van der Waals surface area contributed by atoms with Crippen molar-refractivity contribution in [3.05, 3.63) is 53.3 Å². The number of aryl methyl sites for hydroxylation is 2. The lowest BCUT2D eigenvalue weighted by Gasteiger charge is -2.30. The summed E-state index contributed by atoms with van der Waals surface area (Å²) >= 11 is 1.44. The predicted octanol–water partition coefficient (Wildman–Crippen LogP) is 4.09. The molecule has 9 heteroatoms. The topological polar surface area (TPSA) is 79.4 Å². The van der Waals surface area contributed by atoms with E-state index in [2.05, 4.69) is 16.4 Å². The molecule has 2 aromatic carbocycles. The van der Waals surface area contributed by atoms with E-state index in [1.807, 2.05) is 19.9 Å². The Morgan fingerprint density at radius 3 is 2.63 bits per heavy atom. The number of piperidine rings is 1. The molecular formula is C21H22FN3O3S2. The van der Waals surface area contributed by atoms with Gasteiger partial charge in [-0.2, -0.15) is 4.31 Å². The number of rotatable bonds is 4. The molecule has 0 aliphatic carbocycles. The Hall–Kier alpha value is -2.36. The molecule has 1 aromatic heterocycles. The third-order valence-electron chi connectivity index (χ3n) is 5.32. The molecule has 6 nitrogen and oxygen atoms in total. The van der Waals surface area contributed by atoms with Gasteiger partial charge in [0.05, 0.1) is 15.1 Å². The zero-order chi connectivity index (χ0) is 21.5. The van der Waals surface area contributed by atoms with Crippen LogP contribution in [0.25, 0.3) is 10.2 Å². The van der Waals surface area contributed by atoms with Crippen LogP contribution in [0.5, 0.6) is 0 Å². The zero-order valence-corrected chi connectivity index (χ0v) is 18.3. The maximum atomic E-state index is 13.4. The van der Waals surface area contributed by atoms with Crippen LogP contribution >= 0.6 is 11.3 Å². The average Bonchev–Trinajstić information content (AvgIpc) is 3.10. The fourth-order valence-electron chi connectivity index (χ4n) is 3.77. The Morgan fingerprint density at radius 2 is 1.93 bits per heavy atom. The first-order valence-corrected chi connectivity index (χ1v) is 11.9. The van der Waals surface area contributed by atoms with Gasteiger partial charge in [-0.1, -0.05) is 23.5 Å². The van der Waals surface area contributed by atoms with Crippen LogP contribution in [-0.2, 0) is 14.8 Å². The number of benzene rings is 2. The van der Waals surface area contributed by atoms with E-state index in [1.165, 1.54) is 33.8 Å². The molecule has 4 rings (SSSR count). The van der Waals surface area contributed by atoms with Crippen LogP contribution in [-0.4, -0.2) is 36.7 Å². The summed E-state index contributed by atoms with van der Waals surface area (Å²) in [6.07, 6.45) is 0.812. The highest BCUT2D eigenvalue weighted by atomic mass is 32.2. The normalized spacial score (nSPS) is 16.1. The minimum absolute atomic E-state index is 0.0643. The van der Waals surface area contributed by atoms with Crippen molar-refractivity contribution in [1.82, 2.24) is 9.29 Å². The lowest BCUT2D eigenvalue weighted by molar-refractivity contribution is -0.120. The lowest BCUT2D eigenvalue weighted by atomic mass is 9.97. The van der Waals surface area contributed by atoms with Gasteiger partial charge < -0.3 is 5.32 Å². The van der Waals surface area contributed by atoms with Crippen molar-refractivity contribution >= 4 is 42.6 Å². The second kappa shape index (κ2) is 8.05. The minimum atomic E-state index is -3.77. The van der Waals surface area contributed by atoms with Crippen molar-refractivity contribution in [2.24, 2.45) is 5.92 Å². The molecule has 1 amide bonds. The number of nitrogens with zero attached hydrogens (tertiary/aromatic N) is 2. The molecule has 1 aliphatic rings. The Kier molecular flexibility index (Phi) is 5.61. The Labute approximate surface area is 178 Å². The maximum Gasteiger partial charge on any atom is 0.243 e. The Balaban J connectivity index is 1.42. The summed E-state index contributed by atoms with van der Waals surface area (Å²) in [5.41, 5.74) is 3.10. The Bertz CT molecular complexity index is 1220. The molecular weight excluding hydrogens is 425 g/mol. The van der Waals surface area contributed by atoms with E-state index >= 15 is 0 Å². The van der Waals surface area contributed by atoms with E-state index in [-0.39, 0.29) is 29.8 Å². The van der Waals surface area contributed by atoms with Crippen molar-refractivity contribution in [2.45, 2.75) is 31.6 Å². The van der Waals surface area contributed by atoms with E-state index < -0.39 is 15.8 Å². The number of sulfonamides is 1. The van der Waals surface area contributed by atoms with E-state index in [1.54, 1.807) is 0 Å². The molecule has 0 radical (unpaired) electrons. The van der Waals surface area contributed by atoms with E-state index in [0.29, 0.717) is 18.0 Å². The van der Waals surface area contributed by atoms with Crippen LogP contribution in [0, 0.1) is 25.6 Å². The third kappa shape index (κ3) is 4.10.